The lowest BCUT2D eigenvalue weighted by Crippen LogP contribution is -2.68. The highest BCUT2D eigenvalue weighted by Gasteiger charge is 2.52. The van der Waals surface area contributed by atoms with Gasteiger partial charge in [0.25, 0.3) is 8.32 Å². The molecule has 0 saturated heterocycles. The van der Waals surface area contributed by atoms with Crippen molar-refractivity contribution in [3.63, 3.8) is 0 Å². The van der Waals surface area contributed by atoms with Crippen LogP contribution in [0.5, 0.6) is 0 Å². The first-order valence-corrected chi connectivity index (χ1v) is 16.0. The van der Waals surface area contributed by atoms with Crippen LogP contribution in [0.3, 0.4) is 0 Å². The molecule has 1 aliphatic rings. The van der Waals surface area contributed by atoms with Gasteiger partial charge in [-0.05, 0) is 61.4 Å². The molecule has 2 unspecified atom stereocenters. The van der Waals surface area contributed by atoms with Gasteiger partial charge in [0.15, 0.2) is 0 Å². The highest BCUT2D eigenvalue weighted by molar-refractivity contribution is 6.99. The Balaban J connectivity index is 1.86. The summed E-state index contributed by atoms with van der Waals surface area (Å²) in [7, 11) is -2.70. The Hall–Kier alpha value is -2.44. The van der Waals surface area contributed by atoms with Gasteiger partial charge < -0.3 is 14.5 Å². The molecule has 1 amide bonds. The van der Waals surface area contributed by atoms with Gasteiger partial charge in [-0.1, -0.05) is 102 Å². The Kier molecular flexibility index (Phi) is 9.64. The first kappa shape index (κ1) is 30.1. The lowest BCUT2D eigenvalue weighted by Gasteiger charge is -2.46. The van der Waals surface area contributed by atoms with E-state index in [0.717, 1.165) is 19.3 Å². The van der Waals surface area contributed by atoms with Crippen molar-refractivity contribution in [3.8, 4) is 0 Å². The van der Waals surface area contributed by atoms with Crippen molar-refractivity contribution in [2.45, 2.75) is 104 Å². The number of nitrogens with one attached hydrogen (secondary N) is 1. The van der Waals surface area contributed by atoms with Crippen LogP contribution in [0.25, 0.3) is 0 Å². The van der Waals surface area contributed by atoms with Crippen molar-refractivity contribution >= 4 is 30.6 Å². The largest absolute Gasteiger partial charge is 0.458 e. The van der Waals surface area contributed by atoms with E-state index < -0.39 is 20.0 Å². The van der Waals surface area contributed by atoms with Gasteiger partial charge in [0, 0.05) is 12.0 Å². The summed E-state index contributed by atoms with van der Waals surface area (Å²) >= 11 is 0. The number of benzene rings is 2. The predicted molar refractivity (Wildman–Crippen MR) is 157 cm³/mol. The number of rotatable bonds is 8. The minimum Gasteiger partial charge on any atom is -0.458 e. The van der Waals surface area contributed by atoms with E-state index in [4.69, 9.17) is 9.16 Å². The molecule has 1 fully saturated rings. The van der Waals surface area contributed by atoms with Crippen molar-refractivity contribution in [2.75, 3.05) is 0 Å². The summed E-state index contributed by atoms with van der Waals surface area (Å²) in [4.78, 5) is 26.3. The fraction of sp³-hybridized carbons (Fsp3) is 0.562. The molecule has 1 N–H and O–H groups in total. The molecular weight excluding hydrogens is 490 g/mol. The van der Waals surface area contributed by atoms with Crippen molar-refractivity contribution in [3.05, 3.63) is 60.7 Å². The molecule has 208 valence electrons. The number of amides is 1. The average molecular weight is 538 g/mol. The second-order valence-corrected chi connectivity index (χ2v) is 17.3. The molecule has 6 heteroatoms. The molecule has 2 aromatic rings. The van der Waals surface area contributed by atoms with Gasteiger partial charge in [0.05, 0.1) is 0 Å². The first-order valence-electron chi connectivity index (χ1n) is 14.1. The Morgan fingerprint density at radius 3 is 1.84 bits per heavy atom. The van der Waals surface area contributed by atoms with Crippen LogP contribution in [0.15, 0.2) is 60.7 Å². The topological polar surface area (TPSA) is 64.6 Å². The molecule has 0 bridgehead atoms. The summed E-state index contributed by atoms with van der Waals surface area (Å²) in [6.07, 6.45) is 3.25. The third-order valence-corrected chi connectivity index (χ3v) is 12.5. The van der Waals surface area contributed by atoms with Crippen molar-refractivity contribution in [1.29, 1.82) is 0 Å². The van der Waals surface area contributed by atoms with E-state index in [0.29, 0.717) is 6.42 Å². The SMILES string of the molecule is CC(C)[C@H](NC(=O)C1CCCC(O[Si](c2ccccc2)(c2ccccc2)C(C)(C)C)C1)C(=O)OC(C)(C)C. The maximum absolute atomic E-state index is 13.5. The zero-order valence-corrected chi connectivity index (χ0v) is 25.5. The number of carbonyl (C=O) groups excluding carboxylic acids is 2. The monoisotopic (exact) mass is 537 g/mol. The third-order valence-electron chi connectivity index (χ3n) is 7.38. The van der Waals surface area contributed by atoms with Gasteiger partial charge in [-0.25, -0.2) is 4.79 Å². The van der Waals surface area contributed by atoms with Gasteiger partial charge >= 0.3 is 5.97 Å². The van der Waals surface area contributed by atoms with E-state index in [1.54, 1.807) is 0 Å². The number of hydrogen-bond acceptors (Lipinski definition) is 4. The van der Waals surface area contributed by atoms with Crippen LogP contribution in [-0.4, -0.2) is 37.9 Å². The Morgan fingerprint density at radius 1 is 0.868 bits per heavy atom. The fourth-order valence-corrected chi connectivity index (χ4v) is 10.3. The second-order valence-electron chi connectivity index (χ2n) is 13.0. The Morgan fingerprint density at radius 2 is 1.39 bits per heavy atom. The summed E-state index contributed by atoms with van der Waals surface area (Å²) < 4.78 is 12.9. The summed E-state index contributed by atoms with van der Waals surface area (Å²) in [6.45, 7) is 16.2. The summed E-state index contributed by atoms with van der Waals surface area (Å²) in [5.74, 6) is -0.723. The molecule has 0 spiro atoms. The molecule has 1 saturated carbocycles. The highest BCUT2D eigenvalue weighted by Crippen LogP contribution is 2.40. The van der Waals surface area contributed by atoms with E-state index in [-0.39, 0.29) is 34.9 Å². The number of esters is 1. The van der Waals surface area contributed by atoms with Crippen LogP contribution in [0, 0.1) is 11.8 Å². The standard InChI is InChI=1S/C32H47NO4Si/c1-23(2)28(30(35)36-31(3,4)5)33-29(34)24-16-15-17-25(22-24)37-38(32(6,7)8,26-18-11-9-12-19-26)27-20-13-10-14-21-27/h9-14,18-21,23-25,28H,15-17,22H2,1-8H3,(H,33,34)/t24?,25?,28-/m0/s1. The molecule has 3 rings (SSSR count). The Bertz CT molecular complexity index is 1020. The highest BCUT2D eigenvalue weighted by atomic mass is 28.4. The van der Waals surface area contributed by atoms with Crippen LogP contribution in [-0.2, 0) is 18.8 Å². The van der Waals surface area contributed by atoms with E-state index in [1.807, 2.05) is 46.8 Å². The van der Waals surface area contributed by atoms with Gasteiger partial charge in [0.1, 0.15) is 11.6 Å². The maximum Gasteiger partial charge on any atom is 0.329 e. The smallest absolute Gasteiger partial charge is 0.329 e. The lowest BCUT2D eigenvalue weighted by atomic mass is 9.86. The fourth-order valence-electron chi connectivity index (χ4n) is 5.57. The first-order chi connectivity index (χ1) is 17.7. The molecule has 0 aromatic heterocycles. The molecule has 3 atom stereocenters. The molecule has 0 heterocycles. The van der Waals surface area contributed by atoms with Gasteiger partial charge in [-0.2, -0.15) is 0 Å². The maximum atomic E-state index is 13.5. The van der Waals surface area contributed by atoms with Crippen LogP contribution in [0.1, 0.15) is 81.1 Å². The minimum absolute atomic E-state index is 0.0372. The molecule has 38 heavy (non-hydrogen) atoms. The van der Waals surface area contributed by atoms with Crippen LogP contribution >= 0.6 is 0 Å². The second kappa shape index (κ2) is 12.2. The van der Waals surface area contributed by atoms with Gasteiger partial charge in [-0.15, -0.1) is 0 Å². The number of hydrogen-bond donors (Lipinski definition) is 1. The lowest BCUT2D eigenvalue weighted by molar-refractivity contribution is -0.160. The molecule has 1 aliphatic carbocycles. The van der Waals surface area contributed by atoms with Crippen LogP contribution < -0.4 is 15.7 Å². The molecular formula is C32H47NO4Si. The van der Waals surface area contributed by atoms with Crippen LogP contribution in [0.2, 0.25) is 5.04 Å². The predicted octanol–water partition coefficient (Wildman–Crippen LogP) is 5.60. The molecule has 0 radical (unpaired) electrons. The van der Waals surface area contributed by atoms with E-state index in [2.05, 4.69) is 74.6 Å². The third kappa shape index (κ3) is 7.14. The summed E-state index contributed by atoms with van der Waals surface area (Å²) in [5, 5.41) is 5.40. The van der Waals surface area contributed by atoms with Crippen LogP contribution in [0.4, 0.5) is 0 Å². The van der Waals surface area contributed by atoms with Crippen molar-refractivity contribution in [1.82, 2.24) is 5.32 Å². The molecule has 0 aliphatic heterocycles. The molecule has 5 nitrogen and oxygen atoms in total. The Labute approximate surface area is 230 Å². The van der Waals surface area contributed by atoms with E-state index >= 15 is 0 Å². The van der Waals surface area contributed by atoms with Crippen molar-refractivity contribution in [2.24, 2.45) is 11.8 Å². The zero-order chi connectivity index (χ0) is 28.1. The summed E-state index contributed by atoms with van der Waals surface area (Å²) in [5.41, 5.74) is -0.603. The zero-order valence-electron chi connectivity index (χ0n) is 24.5. The molecule has 2 aromatic carbocycles. The van der Waals surface area contributed by atoms with Crippen molar-refractivity contribution < 1.29 is 18.8 Å². The van der Waals surface area contributed by atoms with E-state index in [9.17, 15) is 9.59 Å². The quantitative estimate of drug-likeness (QED) is 0.351. The van der Waals surface area contributed by atoms with Gasteiger partial charge in [-0.3, -0.25) is 4.79 Å². The average Bonchev–Trinajstić information content (AvgIpc) is 2.85. The number of carbonyl (C=O) groups is 2. The summed E-state index contributed by atoms with van der Waals surface area (Å²) in [6, 6.07) is 20.6. The minimum atomic E-state index is -2.70. The van der Waals surface area contributed by atoms with Gasteiger partial charge in [0.2, 0.25) is 5.91 Å². The normalized spacial score (nSPS) is 19.6. The van der Waals surface area contributed by atoms with E-state index in [1.165, 1.54) is 10.4 Å². The number of ether oxygens (including phenoxy) is 1.